The van der Waals surface area contributed by atoms with Crippen LogP contribution >= 0.6 is 11.3 Å². The monoisotopic (exact) mass is 422 g/mol. The average molecular weight is 423 g/mol. The lowest BCUT2D eigenvalue weighted by Crippen LogP contribution is -3.15. The third-order valence-electron chi connectivity index (χ3n) is 4.63. The third kappa shape index (κ3) is 5.59. The summed E-state index contributed by atoms with van der Waals surface area (Å²) in [4.78, 5) is 32.9. The Kier molecular flexibility index (Phi) is 7.29. The van der Waals surface area contributed by atoms with Crippen molar-refractivity contribution in [2.75, 3.05) is 44.4 Å². The fraction of sp³-hybridized carbons (Fsp3) is 0.450. The van der Waals surface area contributed by atoms with Crippen molar-refractivity contribution in [1.82, 2.24) is 4.98 Å². The van der Waals surface area contributed by atoms with Crippen molar-refractivity contribution in [2.24, 2.45) is 0 Å². The van der Waals surface area contributed by atoms with Gasteiger partial charge in [0.25, 0.3) is 5.91 Å². The predicted octanol–water partition coefficient (Wildman–Crippen LogP) is 1.22. The minimum Gasteiger partial charge on any atom is -0.462 e. The highest BCUT2D eigenvalue weighted by Gasteiger charge is 2.27. The lowest BCUT2D eigenvalue weighted by atomic mass is 10.2. The van der Waals surface area contributed by atoms with Crippen LogP contribution in [0.5, 0.6) is 0 Å². The Balaban J connectivity index is 1.85. The van der Waals surface area contributed by atoms with Crippen LogP contribution in [0.25, 0.3) is 0 Å². The van der Waals surface area contributed by atoms with Gasteiger partial charge in [-0.25, -0.2) is 14.2 Å². The Morgan fingerprint density at radius 2 is 1.97 bits per heavy atom. The number of halogens is 1. The predicted molar refractivity (Wildman–Crippen MR) is 107 cm³/mol. The largest absolute Gasteiger partial charge is 0.462 e. The summed E-state index contributed by atoms with van der Waals surface area (Å²) in [5.41, 5.74) is 1.31. The van der Waals surface area contributed by atoms with Crippen molar-refractivity contribution in [3.8, 4) is 0 Å². The molecule has 0 spiro atoms. The molecule has 2 heterocycles. The van der Waals surface area contributed by atoms with Gasteiger partial charge < -0.3 is 14.4 Å². The molecule has 1 aromatic carbocycles. The molecule has 1 amide bonds. The van der Waals surface area contributed by atoms with Gasteiger partial charge in [0.05, 0.1) is 32.1 Å². The number of carbonyl (C=O) groups excluding carboxylic acids is 2. The van der Waals surface area contributed by atoms with E-state index in [1.807, 2.05) is 0 Å². The Hall–Kier alpha value is -2.36. The molecule has 1 saturated heterocycles. The van der Waals surface area contributed by atoms with E-state index in [9.17, 15) is 14.0 Å². The number of anilines is 1. The van der Waals surface area contributed by atoms with Crippen LogP contribution in [0.3, 0.4) is 0 Å². The Labute approximate surface area is 173 Å². The molecule has 0 bridgehead atoms. The van der Waals surface area contributed by atoms with Crippen LogP contribution < -0.4 is 9.80 Å². The normalized spacial score (nSPS) is 14.6. The molecule has 1 fully saturated rings. The number of nitrogens with zero attached hydrogens (tertiary/aromatic N) is 2. The maximum Gasteiger partial charge on any atom is 0.350 e. The zero-order chi connectivity index (χ0) is 20.8. The van der Waals surface area contributed by atoms with E-state index in [0.717, 1.165) is 34.9 Å². The van der Waals surface area contributed by atoms with Crippen LogP contribution in [0.15, 0.2) is 24.3 Å². The second-order valence-electron chi connectivity index (χ2n) is 6.78. The number of benzene rings is 1. The molecule has 1 aromatic heterocycles. The number of amides is 1. The number of carbonyl (C=O) groups is 2. The van der Waals surface area contributed by atoms with E-state index in [1.165, 1.54) is 12.1 Å². The summed E-state index contributed by atoms with van der Waals surface area (Å²) in [5.74, 6) is -0.879. The summed E-state index contributed by atoms with van der Waals surface area (Å²) < 4.78 is 23.7. The van der Waals surface area contributed by atoms with Crippen LogP contribution in [0.1, 0.15) is 27.9 Å². The molecule has 3 rings (SSSR count). The number of ether oxygens (including phenoxy) is 2. The zero-order valence-corrected chi connectivity index (χ0v) is 17.4. The SMILES string of the molecule is CCOC(=O)c1sc(N(Cc2ccc(F)cc2)C(=O)C[NH+]2CCOCC2)nc1C. The van der Waals surface area contributed by atoms with Gasteiger partial charge in [0.2, 0.25) is 0 Å². The summed E-state index contributed by atoms with van der Waals surface area (Å²) in [6.07, 6.45) is 0. The maximum atomic E-state index is 13.3. The van der Waals surface area contributed by atoms with E-state index in [2.05, 4.69) is 4.98 Å². The molecule has 0 unspecified atom stereocenters. The number of rotatable bonds is 7. The smallest absolute Gasteiger partial charge is 0.350 e. The lowest BCUT2D eigenvalue weighted by Gasteiger charge is -2.26. The second kappa shape index (κ2) is 9.91. The number of quaternary nitrogens is 1. The number of nitrogens with one attached hydrogen (secondary N) is 1. The first-order chi connectivity index (χ1) is 14.0. The molecule has 2 aromatic rings. The van der Waals surface area contributed by atoms with Crippen LogP contribution in [-0.2, 0) is 20.8 Å². The van der Waals surface area contributed by atoms with E-state index in [0.29, 0.717) is 35.5 Å². The Morgan fingerprint density at radius 1 is 1.28 bits per heavy atom. The third-order valence-corrected chi connectivity index (χ3v) is 5.79. The highest BCUT2D eigenvalue weighted by atomic mass is 32.1. The van der Waals surface area contributed by atoms with Crippen molar-refractivity contribution in [3.05, 3.63) is 46.2 Å². The van der Waals surface area contributed by atoms with Gasteiger partial charge in [-0.2, -0.15) is 0 Å². The summed E-state index contributed by atoms with van der Waals surface area (Å²) >= 11 is 1.14. The zero-order valence-electron chi connectivity index (χ0n) is 16.6. The first-order valence-electron chi connectivity index (χ1n) is 9.58. The number of hydrogen-bond donors (Lipinski definition) is 1. The Bertz CT molecular complexity index is 850. The van der Waals surface area contributed by atoms with Crippen LogP contribution in [0, 0.1) is 12.7 Å². The number of thiazole rings is 1. The lowest BCUT2D eigenvalue weighted by molar-refractivity contribution is -0.900. The first-order valence-corrected chi connectivity index (χ1v) is 10.4. The van der Waals surface area contributed by atoms with Crippen molar-refractivity contribution < 1.29 is 28.4 Å². The van der Waals surface area contributed by atoms with Gasteiger partial charge in [-0.3, -0.25) is 9.69 Å². The van der Waals surface area contributed by atoms with E-state index >= 15 is 0 Å². The topological polar surface area (TPSA) is 73.2 Å². The van der Waals surface area contributed by atoms with Gasteiger partial charge >= 0.3 is 5.97 Å². The summed E-state index contributed by atoms with van der Waals surface area (Å²) in [7, 11) is 0. The highest BCUT2D eigenvalue weighted by molar-refractivity contribution is 7.17. The van der Waals surface area contributed by atoms with Gasteiger partial charge in [-0.15, -0.1) is 0 Å². The van der Waals surface area contributed by atoms with Crippen molar-refractivity contribution >= 4 is 28.3 Å². The molecule has 1 N–H and O–H groups in total. The van der Waals surface area contributed by atoms with E-state index in [1.54, 1.807) is 30.9 Å². The Morgan fingerprint density at radius 3 is 2.62 bits per heavy atom. The summed E-state index contributed by atoms with van der Waals surface area (Å²) in [6.45, 7) is 7.07. The molecular weight excluding hydrogens is 397 g/mol. The van der Waals surface area contributed by atoms with Crippen LogP contribution in [0.4, 0.5) is 9.52 Å². The fourth-order valence-corrected chi connectivity index (χ4v) is 4.04. The standard InChI is InChI=1S/C20H24FN3O4S/c1-3-28-19(26)18-14(2)22-20(29-18)24(12-15-4-6-16(21)7-5-15)17(25)13-23-8-10-27-11-9-23/h4-7H,3,8-13H2,1-2H3/p+1. The number of aromatic nitrogens is 1. The van der Waals surface area contributed by atoms with Crippen LogP contribution in [0.2, 0.25) is 0 Å². The van der Waals surface area contributed by atoms with E-state index in [4.69, 9.17) is 9.47 Å². The minimum atomic E-state index is -0.443. The molecule has 1 aliphatic heterocycles. The molecular formula is C20H25FN3O4S+. The number of esters is 1. The molecule has 29 heavy (non-hydrogen) atoms. The van der Waals surface area contributed by atoms with Crippen LogP contribution in [-0.4, -0.2) is 56.3 Å². The average Bonchev–Trinajstić information content (AvgIpc) is 3.10. The fourth-order valence-electron chi connectivity index (χ4n) is 3.06. The van der Waals surface area contributed by atoms with Crippen molar-refractivity contribution in [3.63, 3.8) is 0 Å². The first kappa shape index (κ1) is 21.4. The highest BCUT2D eigenvalue weighted by Crippen LogP contribution is 2.28. The quantitative estimate of drug-likeness (QED) is 0.680. The molecule has 7 nitrogen and oxygen atoms in total. The van der Waals surface area contributed by atoms with Crippen molar-refractivity contribution in [1.29, 1.82) is 0 Å². The van der Waals surface area contributed by atoms with Gasteiger partial charge in [-0.05, 0) is 31.5 Å². The molecule has 156 valence electrons. The molecule has 0 atom stereocenters. The van der Waals surface area contributed by atoms with E-state index < -0.39 is 5.97 Å². The molecule has 1 aliphatic rings. The molecule has 0 radical (unpaired) electrons. The van der Waals surface area contributed by atoms with E-state index in [-0.39, 0.29) is 24.9 Å². The van der Waals surface area contributed by atoms with Gasteiger partial charge in [0.1, 0.15) is 23.8 Å². The number of aryl methyl sites for hydroxylation is 1. The molecule has 0 aliphatic carbocycles. The maximum absolute atomic E-state index is 13.3. The molecule has 9 heteroatoms. The van der Waals surface area contributed by atoms with Gasteiger partial charge in [-0.1, -0.05) is 23.5 Å². The van der Waals surface area contributed by atoms with Gasteiger partial charge in [0, 0.05) is 0 Å². The van der Waals surface area contributed by atoms with Crippen molar-refractivity contribution in [2.45, 2.75) is 20.4 Å². The second-order valence-corrected chi connectivity index (χ2v) is 7.75. The molecule has 0 saturated carbocycles. The summed E-state index contributed by atoms with van der Waals surface area (Å²) in [5, 5.41) is 0.438. The minimum absolute atomic E-state index is 0.101. The summed E-state index contributed by atoms with van der Waals surface area (Å²) in [6, 6.07) is 6.01. The number of morpholine rings is 1. The number of hydrogen-bond acceptors (Lipinski definition) is 6. The van der Waals surface area contributed by atoms with Gasteiger partial charge in [0.15, 0.2) is 11.7 Å².